The Morgan fingerprint density at radius 2 is 2.00 bits per heavy atom. The fraction of sp³-hybridized carbons (Fsp3) is 0.200. The Bertz CT molecular complexity index is 1740. The van der Waals surface area contributed by atoms with Crippen LogP contribution in [0.2, 0.25) is 0 Å². The van der Waals surface area contributed by atoms with E-state index in [1.165, 1.54) is 18.3 Å². The van der Waals surface area contributed by atoms with Crippen molar-refractivity contribution < 1.29 is 27.8 Å². The summed E-state index contributed by atoms with van der Waals surface area (Å²) in [6.07, 6.45) is 3.90. The minimum atomic E-state index is -0.977. The number of carbonyl (C=O) groups is 1. The molecule has 2 N–H and O–H groups in total. The Morgan fingerprint density at radius 3 is 2.82 bits per heavy atom. The lowest BCUT2D eigenvalue weighted by Crippen LogP contribution is -2.16. The predicted octanol–water partition coefficient (Wildman–Crippen LogP) is 6.97. The topological polar surface area (TPSA) is 80.1 Å². The lowest BCUT2D eigenvalue weighted by atomic mass is 9.93. The first-order chi connectivity index (χ1) is 18.8. The van der Waals surface area contributed by atoms with Gasteiger partial charge < -0.3 is 19.4 Å². The minimum Gasteiger partial charge on any atom is -0.481 e. The number of H-pyrrole nitrogens is 1. The van der Waals surface area contributed by atoms with E-state index >= 15 is 4.39 Å². The van der Waals surface area contributed by atoms with Crippen LogP contribution in [-0.2, 0) is 24.2 Å². The second-order valence-electron chi connectivity index (χ2n) is 9.71. The Kier molecular flexibility index (Phi) is 6.13. The third-order valence-corrected chi connectivity index (χ3v) is 7.36. The smallest absolute Gasteiger partial charge is 0.303 e. The summed E-state index contributed by atoms with van der Waals surface area (Å²) in [5.41, 5.74) is 3.78. The number of imidazole rings is 1. The summed E-state index contributed by atoms with van der Waals surface area (Å²) >= 11 is 0. The molecule has 6 rings (SSSR count). The average molecular weight is 532 g/mol. The molecule has 2 aromatic heterocycles. The van der Waals surface area contributed by atoms with Crippen LogP contribution in [0.1, 0.15) is 41.6 Å². The van der Waals surface area contributed by atoms with Crippen LogP contribution in [0.25, 0.3) is 22.3 Å². The number of aryl methyl sites for hydroxylation is 2. The zero-order valence-corrected chi connectivity index (χ0v) is 21.0. The summed E-state index contributed by atoms with van der Waals surface area (Å²) in [4.78, 5) is 18.4. The number of fused-ring (bicyclic) bond motifs is 4. The van der Waals surface area contributed by atoms with E-state index in [-0.39, 0.29) is 29.9 Å². The molecule has 39 heavy (non-hydrogen) atoms. The molecular formula is C30H24F3N3O3. The van der Waals surface area contributed by atoms with Crippen molar-refractivity contribution in [1.82, 2.24) is 14.5 Å². The zero-order valence-electron chi connectivity index (χ0n) is 21.0. The van der Waals surface area contributed by atoms with Gasteiger partial charge in [0.15, 0.2) is 17.4 Å². The van der Waals surface area contributed by atoms with Gasteiger partial charge in [-0.15, -0.1) is 0 Å². The third-order valence-electron chi connectivity index (χ3n) is 7.36. The summed E-state index contributed by atoms with van der Waals surface area (Å²) in [7, 11) is 0. The lowest BCUT2D eigenvalue weighted by Gasteiger charge is -2.23. The number of aromatic nitrogens is 3. The number of carboxylic acids is 1. The van der Waals surface area contributed by atoms with Crippen molar-refractivity contribution in [3.63, 3.8) is 0 Å². The van der Waals surface area contributed by atoms with Crippen LogP contribution in [0, 0.1) is 17.5 Å². The van der Waals surface area contributed by atoms with Gasteiger partial charge in [0.2, 0.25) is 0 Å². The number of hydrogen-bond acceptors (Lipinski definition) is 3. The van der Waals surface area contributed by atoms with Crippen LogP contribution in [-0.4, -0.2) is 25.6 Å². The molecule has 1 atom stereocenters. The molecule has 0 saturated heterocycles. The second-order valence-corrected chi connectivity index (χ2v) is 9.71. The third kappa shape index (κ3) is 4.33. The first kappa shape index (κ1) is 24.8. The maximum absolute atomic E-state index is 15.3. The maximum Gasteiger partial charge on any atom is 0.303 e. The van der Waals surface area contributed by atoms with Crippen LogP contribution < -0.4 is 4.74 Å². The molecule has 198 valence electrons. The van der Waals surface area contributed by atoms with Gasteiger partial charge in [0.05, 0.1) is 5.52 Å². The number of carboxylic acid groups (broad SMARTS) is 1. The van der Waals surface area contributed by atoms with E-state index in [1.807, 2.05) is 17.6 Å². The molecular weight excluding hydrogens is 507 g/mol. The highest BCUT2D eigenvalue weighted by molar-refractivity contribution is 5.82. The normalized spacial score (nSPS) is 13.2. The number of nitrogens with one attached hydrogen (secondary N) is 1. The van der Waals surface area contributed by atoms with Crippen molar-refractivity contribution >= 4 is 16.9 Å². The SMILES string of the molecule is C[C@H](c1cccc(CCC(=O)O)c1F)c1cnc2n1CCc1ccc(Oc3c(F)cc4[nH]ccc4c3F)cc1-2. The van der Waals surface area contributed by atoms with E-state index < -0.39 is 29.2 Å². The molecule has 0 radical (unpaired) electrons. The first-order valence-corrected chi connectivity index (χ1v) is 12.6. The second kappa shape index (κ2) is 9.65. The molecule has 0 saturated carbocycles. The molecule has 3 heterocycles. The lowest BCUT2D eigenvalue weighted by molar-refractivity contribution is -0.136. The predicted molar refractivity (Wildman–Crippen MR) is 140 cm³/mol. The van der Waals surface area contributed by atoms with Crippen LogP contribution in [0.15, 0.2) is 60.9 Å². The van der Waals surface area contributed by atoms with E-state index in [1.54, 1.807) is 36.5 Å². The number of ether oxygens (including phenoxy) is 1. The van der Waals surface area contributed by atoms with E-state index in [2.05, 4.69) is 9.97 Å². The van der Waals surface area contributed by atoms with Gasteiger partial charge >= 0.3 is 5.97 Å². The van der Waals surface area contributed by atoms with E-state index in [0.29, 0.717) is 35.4 Å². The van der Waals surface area contributed by atoms with Crippen molar-refractivity contribution in [3.8, 4) is 22.9 Å². The van der Waals surface area contributed by atoms with Crippen molar-refractivity contribution in [1.29, 1.82) is 0 Å². The van der Waals surface area contributed by atoms with Crippen LogP contribution >= 0.6 is 0 Å². The molecule has 0 aliphatic carbocycles. The first-order valence-electron chi connectivity index (χ1n) is 12.6. The monoisotopic (exact) mass is 531 g/mol. The Morgan fingerprint density at radius 1 is 1.15 bits per heavy atom. The highest BCUT2D eigenvalue weighted by Crippen LogP contribution is 2.39. The van der Waals surface area contributed by atoms with Crippen molar-refractivity contribution in [2.45, 2.75) is 38.6 Å². The van der Waals surface area contributed by atoms with Gasteiger partial charge in [-0.05, 0) is 47.7 Å². The van der Waals surface area contributed by atoms with Gasteiger partial charge in [-0.25, -0.2) is 18.2 Å². The van der Waals surface area contributed by atoms with E-state index in [0.717, 1.165) is 16.8 Å². The van der Waals surface area contributed by atoms with E-state index in [9.17, 15) is 13.6 Å². The number of aromatic amines is 1. The molecule has 1 aliphatic heterocycles. The van der Waals surface area contributed by atoms with Crippen LogP contribution in [0.5, 0.6) is 11.5 Å². The summed E-state index contributed by atoms with van der Waals surface area (Å²) in [6.45, 7) is 2.53. The number of halogens is 3. The van der Waals surface area contributed by atoms with Gasteiger partial charge in [-0.3, -0.25) is 4.79 Å². The summed E-state index contributed by atoms with van der Waals surface area (Å²) in [6, 6.07) is 13.0. The van der Waals surface area contributed by atoms with Gasteiger partial charge in [-0.1, -0.05) is 31.2 Å². The molecule has 0 fully saturated rings. The number of benzene rings is 3. The van der Waals surface area contributed by atoms with Gasteiger partial charge in [0, 0.05) is 54.0 Å². The summed E-state index contributed by atoms with van der Waals surface area (Å²) in [5, 5.41) is 9.22. The Balaban J connectivity index is 1.33. The van der Waals surface area contributed by atoms with Crippen molar-refractivity contribution in [2.24, 2.45) is 0 Å². The van der Waals surface area contributed by atoms with Gasteiger partial charge in [0.1, 0.15) is 17.4 Å². The molecule has 3 aromatic carbocycles. The van der Waals surface area contributed by atoms with Crippen molar-refractivity contribution in [2.75, 3.05) is 0 Å². The van der Waals surface area contributed by atoms with Gasteiger partial charge in [0.25, 0.3) is 0 Å². The van der Waals surface area contributed by atoms with Gasteiger partial charge in [-0.2, -0.15) is 0 Å². The number of aliphatic carboxylic acids is 1. The fourth-order valence-corrected chi connectivity index (χ4v) is 5.31. The largest absolute Gasteiger partial charge is 0.481 e. The maximum atomic E-state index is 15.3. The molecule has 0 unspecified atom stereocenters. The number of rotatable bonds is 7. The zero-order chi connectivity index (χ0) is 27.3. The number of hydrogen-bond donors (Lipinski definition) is 2. The molecule has 5 aromatic rings. The highest BCUT2D eigenvalue weighted by atomic mass is 19.1. The van der Waals surface area contributed by atoms with E-state index in [4.69, 9.17) is 9.84 Å². The molecule has 0 amide bonds. The summed E-state index contributed by atoms with van der Waals surface area (Å²) in [5.74, 6) is -2.87. The minimum absolute atomic E-state index is 0.112. The molecule has 0 spiro atoms. The molecule has 6 nitrogen and oxygen atoms in total. The molecule has 1 aliphatic rings. The fourth-order valence-electron chi connectivity index (χ4n) is 5.31. The molecule has 0 bridgehead atoms. The van der Waals surface area contributed by atoms with Crippen molar-refractivity contribution in [3.05, 3.63) is 101 Å². The summed E-state index contributed by atoms with van der Waals surface area (Å²) < 4.78 is 52.7. The standard InChI is InChI=1S/C30H24F3N3O3/c1-16(20-4-2-3-18(27(20)32)6-8-26(37)38)25-15-35-30-22-13-19(7-5-17(22)10-12-36(25)30)39-29-23(31)14-24-21(28(29)33)9-11-34-24/h2-5,7,9,11,13-16,34H,6,8,10,12H2,1H3,(H,37,38)/t16-/m1/s1. The van der Waals surface area contributed by atoms with Crippen LogP contribution in [0.3, 0.4) is 0 Å². The quantitative estimate of drug-likeness (QED) is 0.238. The Hall–Kier alpha value is -4.53. The van der Waals surface area contributed by atoms with Crippen LogP contribution in [0.4, 0.5) is 13.2 Å². The average Bonchev–Trinajstić information content (AvgIpc) is 3.57. The highest BCUT2D eigenvalue weighted by Gasteiger charge is 2.26. The Labute approximate surface area is 221 Å². The molecule has 9 heteroatoms. The number of nitrogens with zero attached hydrogens (tertiary/aromatic N) is 2.